The predicted octanol–water partition coefficient (Wildman–Crippen LogP) is 3.64. The topological polar surface area (TPSA) is 61.4 Å². The van der Waals surface area contributed by atoms with Crippen molar-refractivity contribution in [2.75, 3.05) is 30.8 Å². The number of hydrogen-bond acceptors (Lipinski definition) is 3. The molecule has 0 fully saturated rings. The van der Waals surface area contributed by atoms with Gasteiger partial charge in [-0.3, -0.25) is 14.5 Å². The number of likely N-dealkylation sites (N-methyl/N-ethyl adjacent to an activating group) is 1. The zero-order valence-corrected chi connectivity index (χ0v) is 14.9. The lowest BCUT2D eigenvalue weighted by atomic mass is 10.3. The van der Waals surface area contributed by atoms with Crippen LogP contribution < -0.4 is 10.6 Å². The minimum absolute atomic E-state index is 0.0415. The SMILES string of the molecule is CN(CC(=O)Nc1cccc(F)c1)CC(=O)Nc1c(Cl)cccc1Cl. The number of nitrogens with zero attached hydrogens (tertiary/aromatic N) is 1. The van der Waals surface area contributed by atoms with Gasteiger partial charge in [0, 0.05) is 5.69 Å². The molecule has 5 nitrogen and oxygen atoms in total. The van der Waals surface area contributed by atoms with Gasteiger partial charge in [-0.1, -0.05) is 35.3 Å². The third kappa shape index (κ3) is 6.01. The van der Waals surface area contributed by atoms with Gasteiger partial charge in [0.2, 0.25) is 11.8 Å². The molecule has 0 unspecified atom stereocenters. The molecule has 0 saturated heterocycles. The molecule has 2 amide bonds. The fourth-order valence-corrected chi connectivity index (χ4v) is 2.60. The first kappa shape index (κ1) is 19.2. The Balaban J connectivity index is 1.86. The fraction of sp³-hybridized carbons (Fsp3) is 0.176. The van der Waals surface area contributed by atoms with Crippen molar-refractivity contribution in [2.45, 2.75) is 0 Å². The van der Waals surface area contributed by atoms with Gasteiger partial charge < -0.3 is 10.6 Å². The Morgan fingerprint density at radius 2 is 1.56 bits per heavy atom. The second-order valence-electron chi connectivity index (χ2n) is 5.38. The van der Waals surface area contributed by atoms with Crippen LogP contribution in [-0.4, -0.2) is 36.9 Å². The van der Waals surface area contributed by atoms with Crippen molar-refractivity contribution in [3.05, 3.63) is 58.3 Å². The highest BCUT2D eigenvalue weighted by atomic mass is 35.5. The van der Waals surface area contributed by atoms with Gasteiger partial charge in [-0.25, -0.2) is 4.39 Å². The van der Waals surface area contributed by atoms with E-state index in [0.717, 1.165) is 0 Å². The summed E-state index contributed by atoms with van der Waals surface area (Å²) < 4.78 is 13.1. The smallest absolute Gasteiger partial charge is 0.238 e. The number of para-hydroxylation sites is 1. The van der Waals surface area contributed by atoms with E-state index in [-0.39, 0.29) is 24.9 Å². The minimum Gasteiger partial charge on any atom is -0.325 e. The second kappa shape index (κ2) is 8.80. The molecule has 0 radical (unpaired) electrons. The van der Waals surface area contributed by atoms with Crippen LogP contribution >= 0.6 is 23.2 Å². The van der Waals surface area contributed by atoms with Gasteiger partial charge in [-0.2, -0.15) is 0 Å². The maximum Gasteiger partial charge on any atom is 0.238 e. The molecule has 0 aromatic heterocycles. The minimum atomic E-state index is -0.442. The number of anilines is 2. The highest BCUT2D eigenvalue weighted by molar-refractivity contribution is 6.39. The maximum absolute atomic E-state index is 13.1. The van der Waals surface area contributed by atoms with E-state index in [0.29, 0.717) is 21.4 Å². The molecular formula is C17H16Cl2FN3O2. The molecule has 0 aliphatic heterocycles. The van der Waals surface area contributed by atoms with Crippen LogP contribution in [0.3, 0.4) is 0 Å². The van der Waals surface area contributed by atoms with E-state index in [1.807, 2.05) is 0 Å². The summed E-state index contributed by atoms with van der Waals surface area (Å²) in [6.45, 7) is -0.0850. The molecule has 0 heterocycles. The summed E-state index contributed by atoms with van der Waals surface area (Å²) in [6.07, 6.45) is 0. The number of rotatable bonds is 6. The van der Waals surface area contributed by atoms with Gasteiger partial charge in [-0.15, -0.1) is 0 Å². The monoisotopic (exact) mass is 383 g/mol. The Bertz CT molecular complexity index is 766. The average molecular weight is 384 g/mol. The highest BCUT2D eigenvalue weighted by Crippen LogP contribution is 2.29. The average Bonchev–Trinajstić information content (AvgIpc) is 2.50. The van der Waals surface area contributed by atoms with Crippen molar-refractivity contribution in [3.63, 3.8) is 0 Å². The van der Waals surface area contributed by atoms with Gasteiger partial charge in [0.05, 0.1) is 28.8 Å². The van der Waals surface area contributed by atoms with E-state index in [1.165, 1.54) is 23.1 Å². The summed E-state index contributed by atoms with van der Waals surface area (Å²) in [5.41, 5.74) is 0.680. The van der Waals surface area contributed by atoms with Gasteiger partial charge in [-0.05, 0) is 37.4 Å². The largest absolute Gasteiger partial charge is 0.325 e. The van der Waals surface area contributed by atoms with Crippen LogP contribution in [0.5, 0.6) is 0 Å². The number of nitrogens with one attached hydrogen (secondary N) is 2. The molecule has 25 heavy (non-hydrogen) atoms. The third-order valence-corrected chi connectivity index (χ3v) is 3.79. The molecule has 0 bridgehead atoms. The van der Waals surface area contributed by atoms with Crippen LogP contribution in [0.4, 0.5) is 15.8 Å². The number of carbonyl (C=O) groups is 2. The fourth-order valence-electron chi connectivity index (χ4n) is 2.11. The summed E-state index contributed by atoms with van der Waals surface area (Å²) in [4.78, 5) is 25.5. The predicted molar refractivity (Wildman–Crippen MR) is 97.6 cm³/mol. The number of amides is 2. The lowest BCUT2D eigenvalue weighted by molar-refractivity contribution is -0.119. The number of hydrogen-bond donors (Lipinski definition) is 2. The van der Waals surface area contributed by atoms with E-state index >= 15 is 0 Å². The van der Waals surface area contributed by atoms with Crippen LogP contribution in [-0.2, 0) is 9.59 Å². The van der Waals surface area contributed by atoms with Crippen LogP contribution in [0.25, 0.3) is 0 Å². The molecular weight excluding hydrogens is 368 g/mol. The van der Waals surface area contributed by atoms with Crippen LogP contribution in [0.2, 0.25) is 10.0 Å². The Morgan fingerprint density at radius 1 is 1.00 bits per heavy atom. The molecule has 2 aromatic rings. The van der Waals surface area contributed by atoms with Crippen molar-refractivity contribution in [1.82, 2.24) is 4.90 Å². The maximum atomic E-state index is 13.1. The molecule has 2 rings (SSSR count). The molecule has 0 atom stereocenters. The van der Waals surface area contributed by atoms with Crippen molar-refractivity contribution < 1.29 is 14.0 Å². The van der Waals surface area contributed by atoms with Gasteiger partial charge in [0.25, 0.3) is 0 Å². The number of benzene rings is 2. The molecule has 8 heteroatoms. The lowest BCUT2D eigenvalue weighted by Crippen LogP contribution is -2.36. The summed E-state index contributed by atoms with van der Waals surface area (Å²) in [6, 6.07) is 10.5. The first-order valence-corrected chi connectivity index (χ1v) is 8.08. The standard InChI is InChI=1S/C17H16Cl2FN3O2/c1-23(9-15(24)21-12-5-2-4-11(20)8-12)10-16(25)22-17-13(18)6-3-7-14(17)19/h2-8H,9-10H2,1H3,(H,21,24)(H,22,25). The Morgan fingerprint density at radius 3 is 2.16 bits per heavy atom. The van der Waals surface area contributed by atoms with E-state index < -0.39 is 5.82 Å². The quantitative estimate of drug-likeness (QED) is 0.800. The molecule has 0 aliphatic carbocycles. The first-order chi connectivity index (χ1) is 11.8. The molecule has 0 spiro atoms. The van der Waals surface area contributed by atoms with Gasteiger partial charge >= 0.3 is 0 Å². The number of carbonyl (C=O) groups excluding carboxylic acids is 2. The van der Waals surface area contributed by atoms with Crippen LogP contribution in [0.1, 0.15) is 0 Å². The Hall–Kier alpha value is -2.15. The van der Waals surface area contributed by atoms with Crippen LogP contribution in [0, 0.1) is 5.82 Å². The summed E-state index contributed by atoms with van der Waals surface area (Å²) >= 11 is 12.0. The van der Waals surface area contributed by atoms with Crippen LogP contribution in [0.15, 0.2) is 42.5 Å². The van der Waals surface area contributed by atoms with E-state index in [4.69, 9.17) is 23.2 Å². The Kier molecular flexibility index (Phi) is 6.75. The first-order valence-electron chi connectivity index (χ1n) is 7.33. The second-order valence-corrected chi connectivity index (χ2v) is 6.19. The highest BCUT2D eigenvalue weighted by Gasteiger charge is 2.14. The summed E-state index contributed by atoms with van der Waals surface area (Å²) in [5, 5.41) is 5.83. The van der Waals surface area contributed by atoms with E-state index in [2.05, 4.69) is 10.6 Å². The third-order valence-electron chi connectivity index (χ3n) is 3.16. The summed E-state index contributed by atoms with van der Waals surface area (Å²) in [7, 11) is 1.61. The van der Waals surface area contributed by atoms with Crippen molar-refractivity contribution in [3.8, 4) is 0 Å². The molecule has 0 saturated carbocycles. The zero-order valence-electron chi connectivity index (χ0n) is 13.4. The zero-order chi connectivity index (χ0) is 18.4. The van der Waals surface area contributed by atoms with Crippen molar-refractivity contribution in [1.29, 1.82) is 0 Å². The number of halogens is 3. The van der Waals surface area contributed by atoms with E-state index in [9.17, 15) is 14.0 Å². The van der Waals surface area contributed by atoms with E-state index in [1.54, 1.807) is 31.3 Å². The normalized spacial score (nSPS) is 10.6. The molecule has 2 N–H and O–H groups in total. The van der Waals surface area contributed by atoms with Gasteiger partial charge in [0.15, 0.2) is 0 Å². The van der Waals surface area contributed by atoms with Crippen molar-refractivity contribution >= 4 is 46.4 Å². The summed E-state index contributed by atoms with van der Waals surface area (Å²) in [5.74, 6) is -1.17. The molecule has 2 aromatic carbocycles. The Labute approximate surface area is 154 Å². The van der Waals surface area contributed by atoms with Crippen molar-refractivity contribution in [2.24, 2.45) is 0 Å². The van der Waals surface area contributed by atoms with Gasteiger partial charge in [0.1, 0.15) is 5.82 Å². The lowest BCUT2D eigenvalue weighted by Gasteiger charge is -2.16. The molecule has 132 valence electrons. The molecule has 0 aliphatic rings.